The van der Waals surface area contributed by atoms with Crippen LogP contribution < -0.4 is 16.2 Å². The summed E-state index contributed by atoms with van der Waals surface area (Å²) in [6, 6.07) is 21.9. The minimum atomic E-state index is -0.476. The number of carbonyl (C=O) groups excluding carboxylic acids is 2. The van der Waals surface area contributed by atoms with E-state index in [2.05, 4.69) is 15.7 Å². The minimum absolute atomic E-state index is 0.0977. The maximum atomic E-state index is 12.7. The Morgan fingerprint density at radius 1 is 0.839 bits per heavy atom. The molecule has 31 heavy (non-hydrogen) atoms. The van der Waals surface area contributed by atoms with Crippen LogP contribution in [0, 0.1) is 0 Å². The summed E-state index contributed by atoms with van der Waals surface area (Å²) in [6.07, 6.45) is 1.41. The Morgan fingerprint density at radius 3 is 2.29 bits per heavy atom. The van der Waals surface area contributed by atoms with Gasteiger partial charge in [0.15, 0.2) is 5.76 Å². The number of anilines is 2. The highest BCUT2D eigenvalue weighted by Crippen LogP contribution is 2.17. The van der Waals surface area contributed by atoms with Crippen LogP contribution in [0.25, 0.3) is 0 Å². The standard InChI is InChI=1S/C23H18N4O4/c28-21-12-11-19(26-27(21)15-16-6-2-1-3-7-16)22(29)24-17-8-4-9-18(14-17)25-23(30)20-10-5-13-31-20/h1-14H,15H2,(H,24,29)(H,25,30). The van der Waals surface area contributed by atoms with E-state index in [1.54, 1.807) is 36.4 Å². The number of rotatable bonds is 6. The van der Waals surface area contributed by atoms with Crippen molar-refractivity contribution in [2.75, 3.05) is 10.6 Å². The topological polar surface area (TPSA) is 106 Å². The van der Waals surface area contributed by atoms with Gasteiger partial charge in [0, 0.05) is 17.4 Å². The number of nitrogens with zero attached hydrogens (tertiary/aromatic N) is 2. The van der Waals surface area contributed by atoms with E-state index in [1.165, 1.54) is 23.1 Å². The molecular weight excluding hydrogens is 396 g/mol. The highest BCUT2D eigenvalue weighted by Gasteiger charge is 2.12. The molecule has 0 atom stereocenters. The molecule has 0 saturated heterocycles. The molecule has 2 N–H and O–H groups in total. The van der Waals surface area contributed by atoms with Gasteiger partial charge in [0.05, 0.1) is 12.8 Å². The van der Waals surface area contributed by atoms with Crippen LogP contribution in [0.4, 0.5) is 11.4 Å². The lowest BCUT2D eigenvalue weighted by Crippen LogP contribution is -2.26. The van der Waals surface area contributed by atoms with E-state index in [-0.39, 0.29) is 23.6 Å². The molecular formula is C23H18N4O4. The van der Waals surface area contributed by atoms with E-state index < -0.39 is 11.8 Å². The summed E-state index contributed by atoms with van der Waals surface area (Å²) in [5, 5.41) is 9.60. The largest absolute Gasteiger partial charge is 0.459 e. The first-order valence-electron chi connectivity index (χ1n) is 9.47. The number of benzene rings is 2. The maximum Gasteiger partial charge on any atom is 0.291 e. The predicted octanol–water partition coefficient (Wildman–Crippen LogP) is 3.39. The summed E-state index contributed by atoms with van der Waals surface area (Å²) in [7, 11) is 0. The molecule has 4 rings (SSSR count). The van der Waals surface area contributed by atoms with E-state index in [0.29, 0.717) is 11.4 Å². The quantitative estimate of drug-likeness (QED) is 0.503. The Labute approximate surface area is 177 Å². The van der Waals surface area contributed by atoms with Crippen molar-refractivity contribution in [2.45, 2.75) is 6.54 Å². The number of hydrogen-bond acceptors (Lipinski definition) is 5. The van der Waals surface area contributed by atoms with Gasteiger partial charge in [-0.05, 0) is 42.0 Å². The van der Waals surface area contributed by atoms with E-state index in [0.717, 1.165) is 5.56 Å². The van der Waals surface area contributed by atoms with E-state index in [9.17, 15) is 14.4 Å². The first-order valence-corrected chi connectivity index (χ1v) is 9.47. The second-order valence-electron chi connectivity index (χ2n) is 6.67. The highest BCUT2D eigenvalue weighted by molar-refractivity contribution is 6.04. The molecule has 0 saturated carbocycles. The van der Waals surface area contributed by atoms with Crippen LogP contribution in [0.5, 0.6) is 0 Å². The van der Waals surface area contributed by atoms with Crippen molar-refractivity contribution in [3.8, 4) is 0 Å². The number of hydrogen-bond donors (Lipinski definition) is 2. The van der Waals surface area contributed by atoms with Crippen LogP contribution in [0.1, 0.15) is 26.6 Å². The lowest BCUT2D eigenvalue weighted by Gasteiger charge is -2.09. The van der Waals surface area contributed by atoms with Crippen LogP contribution in [0.2, 0.25) is 0 Å². The fraction of sp³-hybridized carbons (Fsp3) is 0.0435. The van der Waals surface area contributed by atoms with Crippen molar-refractivity contribution in [2.24, 2.45) is 0 Å². The summed E-state index contributed by atoms with van der Waals surface area (Å²) in [5.41, 5.74) is 1.64. The molecule has 0 unspecified atom stereocenters. The van der Waals surface area contributed by atoms with Gasteiger partial charge in [-0.1, -0.05) is 36.4 Å². The molecule has 0 spiro atoms. The Morgan fingerprint density at radius 2 is 1.58 bits per heavy atom. The number of furan rings is 1. The number of aromatic nitrogens is 2. The smallest absolute Gasteiger partial charge is 0.291 e. The lowest BCUT2D eigenvalue weighted by molar-refractivity contribution is 0.0994. The number of carbonyl (C=O) groups is 2. The summed E-state index contributed by atoms with van der Waals surface area (Å²) in [6.45, 7) is 0.259. The van der Waals surface area contributed by atoms with E-state index in [1.807, 2.05) is 30.3 Å². The third kappa shape index (κ3) is 4.94. The van der Waals surface area contributed by atoms with Crippen molar-refractivity contribution in [3.05, 3.63) is 112 Å². The maximum absolute atomic E-state index is 12.7. The van der Waals surface area contributed by atoms with Crippen LogP contribution in [-0.4, -0.2) is 21.6 Å². The van der Waals surface area contributed by atoms with Gasteiger partial charge in [0.1, 0.15) is 5.69 Å². The molecule has 0 aliphatic carbocycles. The van der Waals surface area contributed by atoms with Crippen molar-refractivity contribution in [3.63, 3.8) is 0 Å². The summed E-state index contributed by atoms with van der Waals surface area (Å²) in [5.74, 6) is -0.696. The zero-order chi connectivity index (χ0) is 21.6. The Hall–Kier alpha value is -4.46. The molecule has 2 aromatic carbocycles. The first-order chi connectivity index (χ1) is 15.1. The molecule has 2 amide bonds. The van der Waals surface area contributed by atoms with Crippen LogP contribution in [0.3, 0.4) is 0 Å². The first kappa shape index (κ1) is 19.8. The van der Waals surface area contributed by atoms with E-state index in [4.69, 9.17) is 4.42 Å². The molecule has 8 nitrogen and oxygen atoms in total. The van der Waals surface area contributed by atoms with Crippen LogP contribution in [-0.2, 0) is 6.54 Å². The molecule has 0 bridgehead atoms. The second-order valence-corrected chi connectivity index (χ2v) is 6.67. The average Bonchev–Trinajstić information content (AvgIpc) is 3.31. The molecule has 2 aromatic heterocycles. The SMILES string of the molecule is O=C(Nc1cccc(NC(=O)c2ccco2)c1)c1ccc(=O)n(Cc2ccccc2)n1. The molecule has 8 heteroatoms. The molecule has 0 fully saturated rings. The fourth-order valence-electron chi connectivity index (χ4n) is 2.91. The Bertz CT molecular complexity index is 1260. The van der Waals surface area contributed by atoms with Gasteiger partial charge < -0.3 is 15.1 Å². The van der Waals surface area contributed by atoms with Crippen LogP contribution >= 0.6 is 0 Å². The molecule has 2 heterocycles. The predicted molar refractivity (Wildman–Crippen MR) is 115 cm³/mol. The molecule has 4 aromatic rings. The molecule has 0 radical (unpaired) electrons. The average molecular weight is 414 g/mol. The van der Waals surface area contributed by atoms with Gasteiger partial charge in [0.25, 0.3) is 17.4 Å². The van der Waals surface area contributed by atoms with Gasteiger partial charge in [0.2, 0.25) is 0 Å². The summed E-state index contributed by atoms with van der Waals surface area (Å²) in [4.78, 5) is 36.9. The zero-order valence-electron chi connectivity index (χ0n) is 16.3. The Kier molecular flexibility index (Phi) is 5.70. The third-order valence-electron chi connectivity index (χ3n) is 4.40. The van der Waals surface area contributed by atoms with Crippen molar-refractivity contribution >= 4 is 23.2 Å². The highest BCUT2D eigenvalue weighted by atomic mass is 16.3. The van der Waals surface area contributed by atoms with Gasteiger partial charge >= 0.3 is 0 Å². The molecule has 154 valence electrons. The van der Waals surface area contributed by atoms with Gasteiger partial charge in [-0.2, -0.15) is 5.10 Å². The van der Waals surface area contributed by atoms with Gasteiger partial charge in [-0.3, -0.25) is 14.4 Å². The normalized spacial score (nSPS) is 10.5. The van der Waals surface area contributed by atoms with Crippen molar-refractivity contribution in [1.29, 1.82) is 0 Å². The second kappa shape index (κ2) is 8.91. The van der Waals surface area contributed by atoms with Gasteiger partial charge in [-0.25, -0.2) is 4.68 Å². The van der Waals surface area contributed by atoms with E-state index >= 15 is 0 Å². The number of amides is 2. The zero-order valence-corrected chi connectivity index (χ0v) is 16.3. The van der Waals surface area contributed by atoms with Crippen molar-refractivity contribution in [1.82, 2.24) is 9.78 Å². The third-order valence-corrected chi connectivity index (χ3v) is 4.40. The number of nitrogens with one attached hydrogen (secondary N) is 2. The molecule has 0 aliphatic rings. The summed E-state index contributed by atoms with van der Waals surface area (Å²) >= 11 is 0. The minimum Gasteiger partial charge on any atom is -0.459 e. The molecule has 0 aliphatic heterocycles. The monoisotopic (exact) mass is 414 g/mol. The Balaban J connectivity index is 1.47. The fourth-order valence-corrected chi connectivity index (χ4v) is 2.91. The lowest BCUT2D eigenvalue weighted by atomic mass is 10.2. The summed E-state index contributed by atoms with van der Waals surface area (Å²) < 4.78 is 6.31. The van der Waals surface area contributed by atoms with Crippen LogP contribution in [0.15, 0.2) is 94.3 Å². The van der Waals surface area contributed by atoms with Gasteiger partial charge in [-0.15, -0.1) is 0 Å². The van der Waals surface area contributed by atoms with Crippen molar-refractivity contribution < 1.29 is 14.0 Å².